The first-order valence-corrected chi connectivity index (χ1v) is 5.76. The van der Waals surface area contributed by atoms with Crippen LogP contribution in [0.3, 0.4) is 0 Å². The summed E-state index contributed by atoms with van der Waals surface area (Å²) in [5, 5.41) is 0. The topological polar surface area (TPSA) is 78.4 Å². The zero-order valence-corrected chi connectivity index (χ0v) is 11.0. The Morgan fingerprint density at radius 2 is 1.55 bits per heavy atom. The van der Waals surface area contributed by atoms with E-state index in [0.717, 1.165) is 5.56 Å². The molecule has 1 heterocycles. The molecule has 0 atom stereocenters. The van der Waals surface area contributed by atoms with Gasteiger partial charge in [-0.05, 0) is 0 Å². The molecule has 0 saturated heterocycles. The van der Waals surface area contributed by atoms with Gasteiger partial charge in [-0.3, -0.25) is 0 Å². The van der Waals surface area contributed by atoms with Crippen LogP contribution in [0, 0.1) is 0 Å². The Morgan fingerprint density at radius 3 is 2.15 bits per heavy atom. The number of hydrogen-bond donors (Lipinski definition) is 0. The van der Waals surface area contributed by atoms with Gasteiger partial charge < -0.3 is 9.47 Å². The van der Waals surface area contributed by atoms with Crippen molar-refractivity contribution in [3.8, 4) is 11.3 Å². The maximum atomic E-state index is 11.7. The van der Waals surface area contributed by atoms with E-state index in [1.165, 1.54) is 20.4 Å². The van der Waals surface area contributed by atoms with Crippen molar-refractivity contribution in [2.24, 2.45) is 0 Å². The molecular formula is C14H12N2O4. The number of esters is 2. The molecular weight excluding hydrogens is 260 g/mol. The van der Waals surface area contributed by atoms with Gasteiger partial charge in [-0.2, -0.15) is 0 Å². The highest BCUT2D eigenvalue weighted by molar-refractivity contribution is 6.00. The predicted molar refractivity (Wildman–Crippen MR) is 70.1 cm³/mol. The second-order valence-electron chi connectivity index (χ2n) is 3.80. The molecule has 6 heteroatoms. The molecule has 2 rings (SSSR count). The van der Waals surface area contributed by atoms with Crippen molar-refractivity contribution in [1.82, 2.24) is 9.97 Å². The third-order valence-corrected chi connectivity index (χ3v) is 2.60. The summed E-state index contributed by atoms with van der Waals surface area (Å²) in [4.78, 5) is 31.4. The molecule has 0 fully saturated rings. The summed E-state index contributed by atoms with van der Waals surface area (Å²) in [5.41, 5.74) is 0.917. The van der Waals surface area contributed by atoms with Crippen molar-refractivity contribution in [2.45, 2.75) is 0 Å². The lowest BCUT2D eigenvalue weighted by atomic mass is 10.1. The number of hydrogen-bond acceptors (Lipinski definition) is 6. The van der Waals surface area contributed by atoms with Gasteiger partial charge in [0.1, 0.15) is 0 Å². The van der Waals surface area contributed by atoms with Gasteiger partial charge in [0.05, 0.1) is 26.1 Å². The standard InChI is InChI=1S/C14H12N2O4/c1-19-13(17)11-12(14(18)20-2)16-10(8-15-11)9-6-4-3-5-7-9/h3-8H,1-2H3. The number of carbonyl (C=O) groups excluding carboxylic acids is 2. The lowest BCUT2D eigenvalue weighted by Crippen LogP contribution is -2.16. The Kier molecular flexibility index (Phi) is 4.05. The molecule has 20 heavy (non-hydrogen) atoms. The minimum atomic E-state index is -0.740. The molecule has 0 unspecified atom stereocenters. The van der Waals surface area contributed by atoms with E-state index in [0.29, 0.717) is 5.69 Å². The molecule has 0 aliphatic carbocycles. The smallest absolute Gasteiger partial charge is 0.359 e. The van der Waals surface area contributed by atoms with Gasteiger partial charge in [-0.25, -0.2) is 19.6 Å². The Bertz CT molecular complexity index is 641. The van der Waals surface area contributed by atoms with E-state index in [9.17, 15) is 9.59 Å². The molecule has 0 aliphatic heterocycles. The Morgan fingerprint density at radius 1 is 0.950 bits per heavy atom. The predicted octanol–water partition coefficient (Wildman–Crippen LogP) is 1.72. The maximum absolute atomic E-state index is 11.7. The van der Waals surface area contributed by atoms with Crippen molar-refractivity contribution in [2.75, 3.05) is 14.2 Å². The molecule has 0 N–H and O–H groups in total. The summed E-state index contributed by atoms with van der Waals surface area (Å²) < 4.78 is 9.18. The van der Waals surface area contributed by atoms with Gasteiger partial charge in [-0.15, -0.1) is 0 Å². The van der Waals surface area contributed by atoms with Crippen LogP contribution in [0.1, 0.15) is 21.0 Å². The van der Waals surface area contributed by atoms with Crippen LogP contribution in [0.4, 0.5) is 0 Å². The van der Waals surface area contributed by atoms with Crippen LogP contribution in [0.25, 0.3) is 11.3 Å². The monoisotopic (exact) mass is 272 g/mol. The molecule has 1 aromatic heterocycles. The van der Waals surface area contributed by atoms with E-state index in [1.54, 1.807) is 0 Å². The van der Waals surface area contributed by atoms with E-state index in [-0.39, 0.29) is 11.4 Å². The third kappa shape index (κ3) is 2.64. The minimum Gasteiger partial charge on any atom is -0.464 e. The quantitative estimate of drug-likeness (QED) is 0.791. The second-order valence-corrected chi connectivity index (χ2v) is 3.80. The van der Waals surface area contributed by atoms with Crippen molar-refractivity contribution in [3.05, 3.63) is 47.9 Å². The van der Waals surface area contributed by atoms with Crippen LogP contribution < -0.4 is 0 Å². The Labute approximate surface area is 115 Å². The summed E-state index contributed by atoms with van der Waals surface area (Å²) in [7, 11) is 2.41. The first kappa shape index (κ1) is 13.7. The van der Waals surface area contributed by atoms with E-state index in [1.807, 2.05) is 30.3 Å². The van der Waals surface area contributed by atoms with E-state index >= 15 is 0 Å². The Hall–Kier alpha value is -2.76. The van der Waals surface area contributed by atoms with Gasteiger partial charge in [0.15, 0.2) is 11.4 Å². The van der Waals surface area contributed by atoms with Crippen LogP contribution >= 0.6 is 0 Å². The summed E-state index contributed by atoms with van der Waals surface area (Å²) in [6.45, 7) is 0. The fraction of sp³-hybridized carbons (Fsp3) is 0.143. The largest absolute Gasteiger partial charge is 0.464 e. The van der Waals surface area contributed by atoms with Gasteiger partial charge in [0.2, 0.25) is 0 Å². The zero-order chi connectivity index (χ0) is 14.5. The number of nitrogens with zero attached hydrogens (tertiary/aromatic N) is 2. The average Bonchev–Trinajstić information content (AvgIpc) is 2.53. The normalized spacial score (nSPS) is 9.90. The van der Waals surface area contributed by atoms with Crippen LogP contribution in [-0.4, -0.2) is 36.1 Å². The summed E-state index contributed by atoms with van der Waals surface area (Å²) >= 11 is 0. The maximum Gasteiger partial charge on any atom is 0.359 e. The number of ether oxygens (including phenoxy) is 2. The molecule has 0 amide bonds. The van der Waals surface area contributed by atoms with E-state index in [2.05, 4.69) is 19.4 Å². The lowest BCUT2D eigenvalue weighted by Gasteiger charge is -2.07. The number of rotatable bonds is 3. The van der Waals surface area contributed by atoms with Crippen LogP contribution in [0.5, 0.6) is 0 Å². The number of methoxy groups -OCH3 is 2. The number of aromatic nitrogens is 2. The highest BCUT2D eigenvalue weighted by atomic mass is 16.5. The zero-order valence-electron chi connectivity index (χ0n) is 11.0. The molecule has 0 radical (unpaired) electrons. The molecule has 6 nitrogen and oxygen atoms in total. The summed E-state index contributed by atoms with van der Waals surface area (Å²) in [6, 6.07) is 9.18. The molecule has 0 aliphatic rings. The molecule has 0 saturated carbocycles. The van der Waals surface area contributed by atoms with Crippen molar-refractivity contribution < 1.29 is 19.1 Å². The van der Waals surface area contributed by atoms with Gasteiger partial charge >= 0.3 is 11.9 Å². The summed E-state index contributed by atoms with van der Waals surface area (Å²) in [6.07, 6.45) is 1.41. The first-order chi connectivity index (χ1) is 9.67. The summed E-state index contributed by atoms with van der Waals surface area (Å²) in [5.74, 6) is -1.48. The van der Waals surface area contributed by atoms with Crippen molar-refractivity contribution >= 4 is 11.9 Å². The van der Waals surface area contributed by atoms with Gasteiger partial charge in [-0.1, -0.05) is 30.3 Å². The highest BCUT2D eigenvalue weighted by Gasteiger charge is 2.22. The van der Waals surface area contributed by atoms with Crippen molar-refractivity contribution in [3.63, 3.8) is 0 Å². The van der Waals surface area contributed by atoms with Gasteiger partial charge in [0, 0.05) is 5.56 Å². The van der Waals surface area contributed by atoms with Crippen molar-refractivity contribution in [1.29, 1.82) is 0 Å². The minimum absolute atomic E-state index is 0.166. The van der Waals surface area contributed by atoms with Crippen LogP contribution in [0.2, 0.25) is 0 Å². The highest BCUT2D eigenvalue weighted by Crippen LogP contribution is 2.18. The molecule has 0 bridgehead atoms. The fourth-order valence-corrected chi connectivity index (χ4v) is 1.62. The van der Waals surface area contributed by atoms with E-state index < -0.39 is 11.9 Å². The first-order valence-electron chi connectivity index (χ1n) is 5.76. The molecule has 1 aromatic carbocycles. The van der Waals surface area contributed by atoms with E-state index in [4.69, 9.17) is 0 Å². The molecule has 0 spiro atoms. The second kappa shape index (κ2) is 5.92. The number of carbonyl (C=O) groups is 2. The average molecular weight is 272 g/mol. The SMILES string of the molecule is COC(=O)c1ncc(-c2ccccc2)nc1C(=O)OC. The van der Waals surface area contributed by atoms with Crippen LogP contribution in [-0.2, 0) is 9.47 Å². The number of benzene rings is 1. The molecule has 2 aromatic rings. The molecule has 102 valence electrons. The van der Waals surface area contributed by atoms with Crippen LogP contribution in [0.15, 0.2) is 36.5 Å². The van der Waals surface area contributed by atoms with Gasteiger partial charge in [0.25, 0.3) is 0 Å². The Balaban J connectivity index is 2.54. The third-order valence-electron chi connectivity index (χ3n) is 2.60. The lowest BCUT2D eigenvalue weighted by molar-refractivity contribution is 0.0544. The fourth-order valence-electron chi connectivity index (χ4n) is 1.62.